The third-order valence-corrected chi connectivity index (χ3v) is 5.14. The van der Waals surface area contributed by atoms with Crippen LogP contribution in [0.5, 0.6) is 0 Å². The Balaban J connectivity index is 0.00000182. The number of nitrogens with zero attached hydrogens (tertiary/aromatic N) is 3. The molecule has 150 valence electrons. The molecule has 2 heterocycles. The summed E-state index contributed by atoms with van der Waals surface area (Å²) in [6.45, 7) is 4.53. The summed E-state index contributed by atoms with van der Waals surface area (Å²) in [4.78, 5) is 16.9. The van der Waals surface area contributed by atoms with Crippen molar-refractivity contribution in [2.24, 2.45) is 11.1 Å². The number of carbonyl (C=O) groups is 1. The second kappa shape index (κ2) is 10.1. The standard InChI is InChI=1S/C19H27N5O.2ClH/c1-14-10-15(2)24(23-14)17-7-6-16(12-21-17)22-18(25)11-19(13-20)8-4-3-5-9-19;;/h6-7,10,12H,3-5,8-9,11,13,20H2,1-2H3,(H,22,25);2*1H. The van der Waals surface area contributed by atoms with Gasteiger partial charge in [0.2, 0.25) is 5.91 Å². The molecule has 8 heteroatoms. The number of aromatic nitrogens is 3. The summed E-state index contributed by atoms with van der Waals surface area (Å²) >= 11 is 0. The molecule has 27 heavy (non-hydrogen) atoms. The van der Waals surface area contributed by atoms with Crippen LogP contribution in [-0.2, 0) is 4.79 Å². The van der Waals surface area contributed by atoms with Crippen molar-refractivity contribution in [3.05, 3.63) is 35.8 Å². The van der Waals surface area contributed by atoms with Crippen LogP contribution in [-0.4, -0.2) is 27.2 Å². The van der Waals surface area contributed by atoms with E-state index >= 15 is 0 Å². The van der Waals surface area contributed by atoms with Gasteiger partial charge in [0.25, 0.3) is 0 Å². The highest BCUT2D eigenvalue weighted by Crippen LogP contribution is 2.38. The Labute approximate surface area is 173 Å². The molecule has 0 bridgehead atoms. The van der Waals surface area contributed by atoms with Crippen molar-refractivity contribution in [3.8, 4) is 5.82 Å². The number of hydrogen-bond donors (Lipinski definition) is 2. The van der Waals surface area contributed by atoms with Crippen LogP contribution in [0.25, 0.3) is 5.82 Å². The first-order valence-corrected chi connectivity index (χ1v) is 9.01. The number of amides is 1. The molecule has 1 saturated carbocycles. The average Bonchev–Trinajstić information content (AvgIpc) is 2.94. The number of hydrogen-bond acceptors (Lipinski definition) is 4. The molecule has 0 atom stereocenters. The summed E-state index contributed by atoms with van der Waals surface area (Å²) in [5.41, 5.74) is 8.64. The van der Waals surface area contributed by atoms with Gasteiger partial charge in [-0.05, 0) is 56.8 Å². The first-order chi connectivity index (χ1) is 12.0. The van der Waals surface area contributed by atoms with Crippen LogP contribution in [0.4, 0.5) is 5.69 Å². The molecule has 0 radical (unpaired) electrons. The van der Waals surface area contributed by atoms with E-state index in [1.54, 1.807) is 10.9 Å². The maximum Gasteiger partial charge on any atom is 0.225 e. The molecular weight excluding hydrogens is 385 g/mol. The zero-order valence-electron chi connectivity index (χ0n) is 15.9. The number of aryl methyl sites for hydroxylation is 2. The van der Waals surface area contributed by atoms with Crippen LogP contribution >= 0.6 is 24.8 Å². The van der Waals surface area contributed by atoms with E-state index in [1.807, 2.05) is 32.0 Å². The summed E-state index contributed by atoms with van der Waals surface area (Å²) in [7, 11) is 0. The Morgan fingerprint density at radius 2 is 1.93 bits per heavy atom. The molecule has 3 N–H and O–H groups in total. The van der Waals surface area contributed by atoms with E-state index in [0.717, 1.165) is 30.0 Å². The Kier molecular flexibility index (Phi) is 8.72. The zero-order chi connectivity index (χ0) is 17.9. The number of halogens is 2. The van der Waals surface area contributed by atoms with Crippen LogP contribution < -0.4 is 11.1 Å². The van der Waals surface area contributed by atoms with Crippen molar-refractivity contribution >= 4 is 36.4 Å². The zero-order valence-corrected chi connectivity index (χ0v) is 17.5. The van der Waals surface area contributed by atoms with Crippen molar-refractivity contribution in [3.63, 3.8) is 0 Å². The summed E-state index contributed by atoms with van der Waals surface area (Å²) in [6, 6.07) is 5.74. The van der Waals surface area contributed by atoms with Crippen LogP contribution in [0.15, 0.2) is 24.4 Å². The SMILES string of the molecule is Cc1cc(C)n(-c2ccc(NC(=O)CC3(CN)CCCCC3)cn2)n1.Cl.Cl. The van der Waals surface area contributed by atoms with Gasteiger partial charge in [0.15, 0.2) is 5.82 Å². The molecule has 1 aliphatic rings. The van der Waals surface area contributed by atoms with E-state index in [2.05, 4.69) is 15.4 Å². The molecule has 1 fully saturated rings. The number of nitrogens with two attached hydrogens (primary N) is 1. The van der Waals surface area contributed by atoms with Gasteiger partial charge in [0.05, 0.1) is 17.6 Å². The van der Waals surface area contributed by atoms with Crippen LogP contribution in [0.1, 0.15) is 49.9 Å². The molecule has 0 saturated heterocycles. The second-order valence-corrected chi connectivity index (χ2v) is 7.23. The Morgan fingerprint density at radius 3 is 2.44 bits per heavy atom. The molecule has 3 rings (SSSR count). The highest BCUT2D eigenvalue weighted by atomic mass is 35.5. The lowest BCUT2D eigenvalue weighted by molar-refractivity contribution is -0.118. The molecule has 0 unspecified atom stereocenters. The van der Waals surface area contributed by atoms with Crippen molar-refractivity contribution in [2.45, 2.75) is 52.4 Å². The van der Waals surface area contributed by atoms with E-state index in [-0.39, 0.29) is 36.1 Å². The van der Waals surface area contributed by atoms with Gasteiger partial charge in [-0.15, -0.1) is 24.8 Å². The highest BCUT2D eigenvalue weighted by molar-refractivity contribution is 5.91. The fourth-order valence-electron chi connectivity index (χ4n) is 3.75. The first kappa shape index (κ1) is 23.4. The summed E-state index contributed by atoms with van der Waals surface area (Å²) in [5, 5.41) is 7.38. The maximum absolute atomic E-state index is 12.4. The normalized spacial score (nSPS) is 15.4. The van der Waals surface area contributed by atoms with Gasteiger partial charge in [-0.3, -0.25) is 4.79 Å². The minimum atomic E-state index is -0.0284. The number of carbonyl (C=O) groups excluding carboxylic acids is 1. The highest BCUT2D eigenvalue weighted by Gasteiger charge is 2.32. The lowest BCUT2D eigenvalue weighted by atomic mass is 9.71. The van der Waals surface area contributed by atoms with E-state index in [4.69, 9.17) is 5.73 Å². The van der Waals surface area contributed by atoms with Gasteiger partial charge in [-0.2, -0.15) is 5.10 Å². The van der Waals surface area contributed by atoms with Gasteiger partial charge < -0.3 is 11.1 Å². The fourth-order valence-corrected chi connectivity index (χ4v) is 3.75. The van der Waals surface area contributed by atoms with E-state index in [0.29, 0.717) is 18.7 Å². The lowest BCUT2D eigenvalue weighted by Crippen LogP contribution is -2.36. The Bertz CT molecular complexity index is 739. The molecule has 1 amide bonds. The fraction of sp³-hybridized carbons (Fsp3) is 0.526. The van der Waals surface area contributed by atoms with E-state index in [9.17, 15) is 4.79 Å². The van der Waals surface area contributed by atoms with Crippen LogP contribution in [0.2, 0.25) is 0 Å². The molecule has 1 aliphatic carbocycles. The van der Waals surface area contributed by atoms with Gasteiger partial charge in [-0.1, -0.05) is 19.3 Å². The smallest absolute Gasteiger partial charge is 0.225 e. The third-order valence-electron chi connectivity index (χ3n) is 5.14. The summed E-state index contributed by atoms with van der Waals surface area (Å²) < 4.78 is 1.80. The number of rotatable bonds is 5. The number of anilines is 1. The van der Waals surface area contributed by atoms with Crippen molar-refractivity contribution in [2.75, 3.05) is 11.9 Å². The summed E-state index contributed by atoms with van der Waals surface area (Å²) in [6.07, 6.45) is 7.86. The molecule has 0 aromatic carbocycles. The predicted octanol–water partition coefficient (Wildman–Crippen LogP) is 3.97. The Morgan fingerprint density at radius 1 is 1.22 bits per heavy atom. The first-order valence-electron chi connectivity index (χ1n) is 9.01. The Hall–Kier alpha value is -1.63. The van der Waals surface area contributed by atoms with Gasteiger partial charge in [0, 0.05) is 12.1 Å². The van der Waals surface area contributed by atoms with Crippen LogP contribution in [0.3, 0.4) is 0 Å². The van der Waals surface area contributed by atoms with Crippen molar-refractivity contribution in [1.82, 2.24) is 14.8 Å². The third kappa shape index (κ3) is 5.67. The number of pyridine rings is 1. The monoisotopic (exact) mass is 413 g/mol. The largest absolute Gasteiger partial charge is 0.330 e. The van der Waals surface area contributed by atoms with E-state index < -0.39 is 0 Å². The summed E-state index contributed by atoms with van der Waals surface area (Å²) in [5.74, 6) is 0.766. The average molecular weight is 414 g/mol. The minimum absolute atomic E-state index is 0. The molecule has 0 aliphatic heterocycles. The van der Waals surface area contributed by atoms with Crippen molar-refractivity contribution in [1.29, 1.82) is 0 Å². The minimum Gasteiger partial charge on any atom is -0.330 e. The van der Waals surface area contributed by atoms with Gasteiger partial charge >= 0.3 is 0 Å². The second-order valence-electron chi connectivity index (χ2n) is 7.23. The van der Waals surface area contributed by atoms with E-state index in [1.165, 1.54) is 19.3 Å². The lowest BCUT2D eigenvalue weighted by Gasteiger charge is -2.35. The molecule has 2 aromatic heterocycles. The quantitative estimate of drug-likeness (QED) is 0.775. The van der Waals surface area contributed by atoms with Crippen LogP contribution in [0, 0.1) is 19.3 Å². The molecule has 2 aromatic rings. The maximum atomic E-state index is 12.4. The molecular formula is C19H29Cl2N5O. The van der Waals surface area contributed by atoms with Gasteiger partial charge in [-0.25, -0.2) is 9.67 Å². The topological polar surface area (TPSA) is 85.8 Å². The predicted molar refractivity (Wildman–Crippen MR) is 113 cm³/mol. The molecule has 6 nitrogen and oxygen atoms in total. The molecule has 0 spiro atoms. The number of nitrogens with one attached hydrogen (secondary N) is 1. The van der Waals surface area contributed by atoms with Gasteiger partial charge in [0.1, 0.15) is 0 Å². The van der Waals surface area contributed by atoms with Crippen molar-refractivity contribution < 1.29 is 4.79 Å².